The van der Waals surface area contributed by atoms with Crippen LogP contribution in [-0.4, -0.2) is 7.11 Å². The third-order valence-electron chi connectivity index (χ3n) is 2.26. The Labute approximate surface area is 105 Å². The van der Waals surface area contributed by atoms with Crippen molar-refractivity contribution in [1.82, 2.24) is 0 Å². The quantitative estimate of drug-likeness (QED) is 0.806. The summed E-state index contributed by atoms with van der Waals surface area (Å²) in [4.78, 5) is 0. The Hall–Kier alpha value is -1.70. The molecular weight excluding hydrogens is 210 g/mol. The van der Waals surface area contributed by atoms with E-state index in [1.807, 2.05) is 6.92 Å². The zero-order valence-electron chi connectivity index (χ0n) is 11.1. The van der Waals surface area contributed by atoms with Gasteiger partial charge in [0.2, 0.25) is 0 Å². The maximum Gasteiger partial charge on any atom is 0.122 e. The van der Waals surface area contributed by atoms with Crippen molar-refractivity contribution in [2.24, 2.45) is 5.73 Å². The number of allylic oxidation sites excluding steroid dienone is 2. The van der Waals surface area contributed by atoms with Gasteiger partial charge < -0.3 is 10.5 Å². The number of hydrogen-bond acceptors (Lipinski definition) is 2. The van der Waals surface area contributed by atoms with Crippen molar-refractivity contribution in [3.05, 3.63) is 54.3 Å². The molecule has 0 saturated heterocycles. The van der Waals surface area contributed by atoms with E-state index in [9.17, 15) is 0 Å². The van der Waals surface area contributed by atoms with Crippen molar-refractivity contribution < 1.29 is 4.74 Å². The standard InChI is InChI=1S/C13H18O.C2H5N/c1-4-5-6-7-12-9-8-11(2)10-13(12)14-3;1-2-3/h4-5,8-10H,6-7H2,1-3H3;2H,1,3H2/b5-4-;. The first-order valence-corrected chi connectivity index (χ1v) is 5.76. The van der Waals surface area contributed by atoms with Crippen molar-refractivity contribution in [2.75, 3.05) is 7.11 Å². The molecule has 2 heteroatoms. The minimum atomic E-state index is 1.01. The van der Waals surface area contributed by atoms with Crippen LogP contribution in [0.5, 0.6) is 5.75 Å². The Balaban J connectivity index is 0.000000770. The van der Waals surface area contributed by atoms with Gasteiger partial charge in [-0.3, -0.25) is 0 Å². The van der Waals surface area contributed by atoms with Crippen LogP contribution in [0.15, 0.2) is 43.1 Å². The second-order valence-electron chi connectivity index (χ2n) is 3.66. The van der Waals surface area contributed by atoms with Gasteiger partial charge in [0.25, 0.3) is 0 Å². The smallest absolute Gasteiger partial charge is 0.122 e. The van der Waals surface area contributed by atoms with E-state index in [-0.39, 0.29) is 0 Å². The number of methoxy groups -OCH3 is 1. The molecule has 0 unspecified atom stereocenters. The van der Waals surface area contributed by atoms with Crippen LogP contribution in [0.3, 0.4) is 0 Å². The fourth-order valence-electron chi connectivity index (χ4n) is 1.46. The van der Waals surface area contributed by atoms with E-state index in [1.54, 1.807) is 7.11 Å². The Morgan fingerprint density at radius 3 is 2.59 bits per heavy atom. The number of aryl methyl sites for hydroxylation is 2. The molecule has 0 aliphatic rings. The molecule has 0 atom stereocenters. The summed E-state index contributed by atoms with van der Waals surface area (Å²) in [5, 5.41) is 0. The predicted octanol–water partition coefficient (Wildman–Crippen LogP) is 3.60. The van der Waals surface area contributed by atoms with Crippen LogP contribution in [0.2, 0.25) is 0 Å². The van der Waals surface area contributed by atoms with E-state index in [4.69, 9.17) is 4.74 Å². The van der Waals surface area contributed by atoms with Gasteiger partial charge in [0.1, 0.15) is 5.75 Å². The molecule has 1 aromatic carbocycles. The molecule has 0 heterocycles. The summed E-state index contributed by atoms with van der Waals surface area (Å²) in [6, 6.07) is 6.37. The molecule has 0 radical (unpaired) electrons. The summed E-state index contributed by atoms with van der Waals surface area (Å²) in [7, 11) is 1.73. The highest BCUT2D eigenvalue weighted by Gasteiger charge is 2.01. The molecule has 2 N–H and O–H groups in total. The number of rotatable bonds is 4. The summed E-state index contributed by atoms with van der Waals surface area (Å²) in [6.07, 6.45) is 7.64. The van der Waals surface area contributed by atoms with Crippen LogP contribution in [-0.2, 0) is 6.42 Å². The summed E-state index contributed by atoms with van der Waals surface area (Å²) < 4.78 is 5.33. The summed E-state index contributed by atoms with van der Waals surface area (Å²) in [5.41, 5.74) is 7.15. The number of hydrogen-bond donors (Lipinski definition) is 1. The molecule has 2 nitrogen and oxygen atoms in total. The molecule has 0 saturated carbocycles. The molecule has 1 aromatic rings. The van der Waals surface area contributed by atoms with Gasteiger partial charge >= 0.3 is 0 Å². The largest absolute Gasteiger partial charge is 0.496 e. The molecule has 0 aliphatic carbocycles. The Morgan fingerprint density at radius 2 is 2.06 bits per heavy atom. The first kappa shape index (κ1) is 15.3. The predicted molar refractivity (Wildman–Crippen MR) is 75.3 cm³/mol. The van der Waals surface area contributed by atoms with Crippen LogP contribution >= 0.6 is 0 Å². The van der Waals surface area contributed by atoms with Gasteiger partial charge in [0, 0.05) is 0 Å². The molecule has 0 aromatic heterocycles. The highest BCUT2D eigenvalue weighted by molar-refractivity contribution is 5.37. The maximum atomic E-state index is 5.33. The Bertz CT molecular complexity index is 356. The van der Waals surface area contributed by atoms with Crippen molar-refractivity contribution in [3.8, 4) is 5.75 Å². The molecular formula is C15H23NO. The second kappa shape index (κ2) is 9.52. The highest BCUT2D eigenvalue weighted by Crippen LogP contribution is 2.21. The van der Waals surface area contributed by atoms with Crippen molar-refractivity contribution in [2.45, 2.75) is 26.7 Å². The van der Waals surface area contributed by atoms with E-state index in [0.717, 1.165) is 18.6 Å². The lowest BCUT2D eigenvalue weighted by molar-refractivity contribution is 0.409. The molecule has 0 bridgehead atoms. The van der Waals surface area contributed by atoms with Crippen LogP contribution in [0.4, 0.5) is 0 Å². The fraction of sp³-hybridized carbons (Fsp3) is 0.333. The topological polar surface area (TPSA) is 35.2 Å². The number of benzene rings is 1. The average Bonchev–Trinajstić information content (AvgIpc) is 2.32. The van der Waals surface area contributed by atoms with E-state index >= 15 is 0 Å². The fourth-order valence-corrected chi connectivity index (χ4v) is 1.46. The molecule has 0 aliphatic heterocycles. The monoisotopic (exact) mass is 233 g/mol. The minimum absolute atomic E-state index is 1.01. The van der Waals surface area contributed by atoms with E-state index < -0.39 is 0 Å². The maximum absolute atomic E-state index is 5.33. The van der Waals surface area contributed by atoms with E-state index in [2.05, 4.69) is 49.6 Å². The zero-order chi connectivity index (χ0) is 13.1. The molecule has 0 fully saturated rings. The highest BCUT2D eigenvalue weighted by atomic mass is 16.5. The molecule has 0 spiro atoms. The summed E-state index contributed by atoms with van der Waals surface area (Å²) >= 11 is 0. The average molecular weight is 233 g/mol. The molecule has 0 amide bonds. The van der Waals surface area contributed by atoms with Crippen LogP contribution in [0.1, 0.15) is 24.5 Å². The Kier molecular flexibility index (Phi) is 8.57. The normalized spacial score (nSPS) is 9.59. The van der Waals surface area contributed by atoms with Gasteiger partial charge in [-0.05, 0) is 50.1 Å². The van der Waals surface area contributed by atoms with Gasteiger partial charge in [0.15, 0.2) is 0 Å². The van der Waals surface area contributed by atoms with Gasteiger partial charge in [0.05, 0.1) is 7.11 Å². The van der Waals surface area contributed by atoms with Crippen molar-refractivity contribution >= 4 is 0 Å². The van der Waals surface area contributed by atoms with Crippen LogP contribution in [0, 0.1) is 6.92 Å². The zero-order valence-corrected chi connectivity index (χ0v) is 11.1. The summed E-state index contributed by atoms with van der Waals surface area (Å²) in [5.74, 6) is 1.01. The van der Waals surface area contributed by atoms with E-state index in [0.29, 0.717) is 0 Å². The first-order chi connectivity index (χ1) is 8.19. The van der Waals surface area contributed by atoms with Crippen molar-refractivity contribution in [1.29, 1.82) is 0 Å². The number of ether oxygens (including phenoxy) is 1. The van der Waals surface area contributed by atoms with E-state index in [1.165, 1.54) is 17.3 Å². The van der Waals surface area contributed by atoms with Crippen LogP contribution in [0.25, 0.3) is 0 Å². The minimum Gasteiger partial charge on any atom is -0.496 e. The lowest BCUT2D eigenvalue weighted by Crippen LogP contribution is -1.92. The second-order valence-corrected chi connectivity index (χ2v) is 3.66. The van der Waals surface area contributed by atoms with Gasteiger partial charge in [-0.1, -0.05) is 30.9 Å². The van der Waals surface area contributed by atoms with Gasteiger partial charge in [-0.15, -0.1) is 0 Å². The lowest BCUT2D eigenvalue weighted by atomic mass is 10.1. The molecule has 17 heavy (non-hydrogen) atoms. The summed E-state index contributed by atoms with van der Waals surface area (Å²) in [6.45, 7) is 7.27. The number of nitrogens with two attached hydrogens (primary N) is 1. The Morgan fingerprint density at radius 1 is 1.41 bits per heavy atom. The SMILES string of the molecule is C/C=C\CCc1ccc(C)cc1OC.C=CN. The van der Waals surface area contributed by atoms with Gasteiger partial charge in [-0.25, -0.2) is 0 Å². The van der Waals surface area contributed by atoms with Crippen LogP contribution < -0.4 is 10.5 Å². The molecule has 94 valence electrons. The lowest BCUT2D eigenvalue weighted by Gasteiger charge is -2.07. The first-order valence-electron chi connectivity index (χ1n) is 5.76. The third-order valence-corrected chi connectivity index (χ3v) is 2.26. The third kappa shape index (κ3) is 6.46. The van der Waals surface area contributed by atoms with Crippen molar-refractivity contribution in [3.63, 3.8) is 0 Å². The molecule has 1 rings (SSSR count). The van der Waals surface area contributed by atoms with Gasteiger partial charge in [-0.2, -0.15) is 0 Å².